The van der Waals surface area contributed by atoms with Crippen LogP contribution in [0.3, 0.4) is 0 Å². The van der Waals surface area contributed by atoms with Crippen molar-refractivity contribution in [2.45, 2.75) is 18.9 Å². The molecule has 0 saturated carbocycles. The van der Waals surface area contributed by atoms with Crippen molar-refractivity contribution in [1.29, 1.82) is 0 Å². The van der Waals surface area contributed by atoms with Crippen LogP contribution in [0, 0.1) is 13.8 Å². The van der Waals surface area contributed by atoms with Gasteiger partial charge in [-0.05, 0) is 25.5 Å². The van der Waals surface area contributed by atoms with E-state index in [4.69, 9.17) is 5.11 Å². The summed E-state index contributed by atoms with van der Waals surface area (Å²) in [7, 11) is -2.69. The fourth-order valence-corrected chi connectivity index (χ4v) is 3.40. The van der Waals surface area contributed by atoms with Crippen LogP contribution in [0.15, 0.2) is 29.3 Å². The summed E-state index contributed by atoms with van der Waals surface area (Å²) < 4.78 is 26.2. The molecule has 0 amide bonds. The Balaban J connectivity index is 2.58. The molecule has 0 fully saturated rings. The largest absolute Gasteiger partial charge is 0.478 e. The second-order valence-corrected chi connectivity index (χ2v) is 6.48. The molecule has 0 unspecified atom stereocenters. The van der Waals surface area contributed by atoms with Crippen LogP contribution in [0.4, 0.5) is 5.69 Å². The van der Waals surface area contributed by atoms with Crippen molar-refractivity contribution >= 4 is 21.7 Å². The summed E-state index contributed by atoms with van der Waals surface area (Å²) in [5, 5.41) is 14.7. The Morgan fingerprint density at radius 2 is 1.90 bits per heavy atom. The molecule has 1 aromatic carbocycles. The zero-order valence-electron chi connectivity index (χ0n) is 11.8. The first-order valence-electron chi connectivity index (χ1n) is 6.09. The fraction of sp³-hybridized carbons (Fsp3) is 0.231. The van der Waals surface area contributed by atoms with Gasteiger partial charge >= 0.3 is 5.97 Å². The number of aromatic nitrogens is 2. The quantitative estimate of drug-likeness (QED) is 0.892. The van der Waals surface area contributed by atoms with Gasteiger partial charge in [0, 0.05) is 12.7 Å². The molecule has 1 heterocycles. The van der Waals surface area contributed by atoms with Crippen molar-refractivity contribution in [2.24, 2.45) is 0 Å². The number of H-pyrrole nitrogens is 1. The van der Waals surface area contributed by atoms with Crippen molar-refractivity contribution < 1.29 is 18.3 Å². The number of aromatic amines is 1. The Kier molecular flexibility index (Phi) is 3.73. The van der Waals surface area contributed by atoms with Crippen molar-refractivity contribution in [1.82, 2.24) is 10.2 Å². The molecule has 0 atom stereocenters. The lowest BCUT2D eigenvalue weighted by Gasteiger charge is -2.20. The highest BCUT2D eigenvalue weighted by atomic mass is 32.2. The van der Waals surface area contributed by atoms with Crippen molar-refractivity contribution in [3.63, 3.8) is 0 Å². The number of para-hydroxylation sites is 1. The van der Waals surface area contributed by atoms with Gasteiger partial charge in [-0.25, -0.2) is 4.79 Å². The van der Waals surface area contributed by atoms with Crippen molar-refractivity contribution in [2.75, 3.05) is 11.4 Å². The molecule has 0 bridgehead atoms. The van der Waals surface area contributed by atoms with Gasteiger partial charge in [-0.3, -0.25) is 9.40 Å². The van der Waals surface area contributed by atoms with Crippen LogP contribution >= 0.6 is 0 Å². The first kappa shape index (κ1) is 15.0. The van der Waals surface area contributed by atoms with E-state index in [2.05, 4.69) is 10.2 Å². The van der Waals surface area contributed by atoms with Gasteiger partial charge in [0.25, 0.3) is 10.0 Å². The first-order chi connectivity index (χ1) is 9.76. The highest BCUT2D eigenvalue weighted by Crippen LogP contribution is 2.26. The van der Waals surface area contributed by atoms with Gasteiger partial charge in [-0.2, -0.15) is 13.5 Å². The number of sulfonamides is 1. The molecule has 2 rings (SSSR count). The van der Waals surface area contributed by atoms with Crippen LogP contribution in [0.2, 0.25) is 0 Å². The van der Waals surface area contributed by atoms with Gasteiger partial charge in [-0.15, -0.1) is 0 Å². The molecule has 7 nitrogen and oxygen atoms in total. The molecule has 2 N–H and O–H groups in total. The van der Waals surface area contributed by atoms with Crippen LogP contribution < -0.4 is 4.31 Å². The van der Waals surface area contributed by atoms with Crippen LogP contribution in [0.25, 0.3) is 0 Å². The Labute approximate surface area is 122 Å². The number of carboxylic acids is 1. The zero-order chi connectivity index (χ0) is 15.8. The SMILES string of the molecule is Cc1ccccc1N(C)S(=O)(=O)c1n[nH]c(C)c1C(=O)O. The molecule has 0 aliphatic rings. The van der Waals surface area contributed by atoms with E-state index >= 15 is 0 Å². The Morgan fingerprint density at radius 1 is 1.29 bits per heavy atom. The minimum absolute atomic E-state index is 0.194. The zero-order valence-corrected chi connectivity index (χ0v) is 12.6. The predicted molar refractivity (Wildman–Crippen MR) is 77.1 cm³/mol. The van der Waals surface area contributed by atoms with Gasteiger partial charge in [-0.1, -0.05) is 18.2 Å². The van der Waals surface area contributed by atoms with Crippen LogP contribution in [0.1, 0.15) is 21.6 Å². The Bertz CT molecular complexity index is 795. The highest BCUT2D eigenvalue weighted by Gasteiger charge is 2.32. The second kappa shape index (κ2) is 5.21. The molecule has 21 heavy (non-hydrogen) atoms. The molecule has 0 aliphatic carbocycles. The molecule has 1 aromatic heterocycles. The lowest BCUT2D eigenvalue weighted by atomic mass is 10.2. The molecule has 2 aromatic rings. The highest BCUT2D eigenvalue weighted by molar-refractivity contribution is 7.92. The number of hydrogen-bond donors (Lipinski definition) is 2. The summed E-state index contributed by atoms with van der Waals surface area (Å²) in [5.41, 5.74) is 1.08. The van der Waals surface area contributed by atoms with Crippen LogP contribution in [-0.4, -0.2) is 36.7 Å². The first-order valence-corrected chi connectivity index (χ1v) is 7.53. The van der Waals surface area contributed by atoms with Gasteiger partial charge < -0.3 is 5.11 Å². The average Bonchev–Trinajstić information content (AvgIpc) is 2.81. The number of carboxylic acid groups (broad SMARTS) is 1. The summed E-state index contributed by atoms with van der Waals surface area (Å²) in [4.78, 5) is 11.2. The third kappa shape index (κ3) is 2.49. The normalized spacial score (nSPS) is 11.4. The van der Waals surface area contributed by atoms with E-state index in [0.717, 1.165) is 9.87 Å². The molecule has 0 radical (unpaired) electrons. The lowest BCUT2D eigenvalue weighted by Crippen LogP contribution is -2.29. The molecular weight excluding hydrogens is 294 g/mol. The minimum atomic E-state index is -4.06. The maximum Gasteiger partial charge on any atom is 0.340 e. The van der Waals surface area contributed by atoms with E-state index in [1.807, 2.05) is 0 Å². The van der Waals surface area contributed by atoms with E-state index in [9.17, 15) is 13.2 Å². The maximum atomic E-state index is 12.6. The summed E-state index contributed by atoms with van der Waals surface area (Å²) in [6.45, 7) is 3.23. The third-order valence-electron chi connectivity index (χ3n) is 3.19. The van der Waals surface area contributed by atoms with E-state index in [-0.39, 0.29) is 11.3 Å². The van der Waals surface area contributed by atoms with Gasteiger partial charge in [0.05, 0.1) is 5.69 Å². The van der Waals surface area contributed by atoms with Crippen LogP contribution in [-0.2, 0) is 10.0 Å². The van der Waals surface area contributed by atoms with E-state index in [1.165, 1.54) is 14.0 Å². The van der Waals surface area contributed by atoms with Crippen LogP contribution in [0.5, 0.6) is 0 Å². The van der Waals surface area contributed by atoms with E-state index in [0.29, 0.717) is 5.69 Å². The number of aromatic carboxylic acids is 1. The Hall–Kier alpha value is -2.35. The third-order valence-corrected chi connectivity index (χ3v) is 4.89. The molecule has 0 aliphatic heterocycles. The maximum absolute atomic E-state index is 12.6. The van der Waals surface area contributed by atoms with E-state index < -0.39 is 21.0 Å². The summed E-state index contributed by atoms with van der Waals surface area (Å²) in [6.07, 6.45) is 0. The fourth-order valence-electron chi connectivity index (χ4n) is 2.02. The van der Waals surface area contributed by atoms with Crippen molar-refractivity contribution in [3.05, 3.63) is 41.1 Å². The molecule has 0 saturated heterocycles. The van der Waals surface area contributed by atoms with Gasteiger partial charge in [0.1, 0.15) is 5.56 Å². The molecule has 0 spiro atoms. The Morgan fingerprint density at radius 3 is 2.48 bits per heavy atom. The number of carbonyl (C=O) groups is 1. The standard InChI is InChI=1S/C13H15N3O4S/c1-8-6-4-5-7-10(8)16(3)21(19,20)12-11(13(17)18)9(2)14-15-12/h4-7H,1-3H3,(H,14,15)(H,17,18). The van der Waals surface area contributed by atoms with Crippen molar-refractivity contribution in [3.8, 4) is 0 Å². The summed E-state index contributed by atoms with van der Waals surface area (Å²) >= 11 is 0. The number of aryl methyl sites for hydroxylation is 2. The summed E-state index contributed by atoms with van der Waals surface area (Å²) in [5.74, 6) is -1.34. The minimum Gasteiger partial charge on any atom is -0.478 e. The lowest BCUT2D eigenvalue weighted by molar-refractivity contribution is 0.0692. The number of nitrogens with zero attached hydrogens (tertiary/aromatic N) is 2. The van der Waals surface area contributed by atoms with Gasteiger partial charge in [0.2, 0.25) is 5.03 Å². The number of benzene rings is 1. The number of hydrogen-bond acceptors (Lipinski definition) is 4. The number of anilines is 1. The topological polar surface area (TPSA) is 103 Å². The predicted octanol–water partition coefficient (Wildman–Crippen LogP) is 1.55. The van der Waals surface area contributed by atoms with Gasteiger partial charge in [0.15, 0.2) is 0 Å². The summed E-state index contributed by atoms with van der Waals surface area (Å²) in [6, 6.07) is 6.92. The van der Waals surface area contributed by atoms with E-state index in [1.54, 1.807) is 31.2 Å². The number of nitrogens with one attached hydrogen (secondary N) is 1. The smallest absolute Gasteiger partial charge is 0.340 e. The molecular formula is C13H15N3O4S. The molecule has 112 valence electrons. The monoisotopic (exact) mass is 309 g/mol. The number of rotatable bonds is 4. The second-order valence-electron chi connectivity index (χ2n) is 4.59. The molecule has 8 heteroatoms. The average molecular weight is 309 g/mol.